The summed E-state index contributed by atoms with van der Waals surface area (Å²) in [4.78, 5) is 24.6. The van der Waals surface area contributed by atoms with E-state index in [4.69, 9.17) is 28.3 Å². The predicted octanol–water partition coefficient (Wildman–Crippen LogP) is 3.18. The van der Waals surface area contributed by atoms with Crippen molar-refractivity contribution in [3.05, 3.63) is 28.2 Å². The minimum absolute atomic E-state index is 0.0683. The Morgan fingerprint density at radius 3 is 2.35 bits per heavy atom. The summed E-state index contributed by atoms with van der Waals surface area (Å²) in [7, 11) is 0. The van der Waals surface area contributed by atoms with Crippen LogP contribution < -0.4 is 5.32 Å². The van der Waals surface area contributed by atoms with Crippen molar-refractivity contribution in [2.24, 2.45) is 11.8 Å². The highest BCUT2D eigenvalue weighted by Gasteiger charge is 2.36. The lowest BCUT2D eigenvalue weighted by molar-refractivity contribution is -0.142. The van der Waals surface area contributed by atoms with Gasteiger partial charge in [-0.15, -0.1) is 0 Å². The van der Waals surface area contributed by atoms with Crippen LogP contribution >= 0.6 is 23.2 Å². The number of aliphatic carboxylic acids is 1. The molecule has 2 atom stereocenters. The van der Waals surface area contributed by atoms with Gasteiger partial charge in [0.15, 0.2) is 0 Å². The van der Waals surface area contributed by atoms with Crippen LogP contribution in [0, 0.1) is 11.8 Å². The predicted molar refractivity (Wildman–Crippen MR) is 77.3 cm³/mol. The van der Waals surface area contributed by atoms with Gasteiger partial charge in [-0.3, -0.25) is 4.79 Å². The third-order valence-electron chi connectivity index (χ3n) is 3.33. The number of hydrogen-bond donors (Lipinski definition) is 2. The number of carboxylic acid groups (broad SMARTS) is 1. The lowest BCUT2D eigenvalue weighted by atomic mass is 9.99. The molecule has 1 heterocycles. The van der Waals surface area contributed by atoms with Gasteiger partial charge >= 0.3 is 12.0 Å². The molecule has 1 aliphatic rings. The molecule has 20 heavy (non-hydrogen) atoms. The van der Waals surface area contributed by atoms with Crippen LogP contribution in [0.1, 0.15) is 6.92 Å². The molecule has 1 aliphatic heterocycles. The first kappa shape index (κ1) is 14.9. The third-order valence-corrected chi connectivity index (χ3v) is 3.77. The van der Waals surface area contributed by atoms with Crippen molar-refractivity contribution in [3.8, 4) is 0 Å². The monoisotopic (exact) mass is 316 g/mol. The van der Waals surface area contributed by atoms with E-state index >= 15 is 0 Å². The van der Waals surface area contributed by atoms with Crippen molar-refractivity contribution in [2.75, 3.05) is 18.4 Å². The Morgan fingerprint density at radius 1 is 1.25 bits per heavy atom. The second-order valence-electron chi connectivity index (χ2n) is 4.92. The number of carboxylic acids is 1. The van der Waals surface area contributed by atoms with Gasteiger partial charge in [0.05, 0.1) is 5.92 Å². The molecule has 1 fully saturated rings. The van der Waals surface area contributed by atoms with Gasteiger partial charge in [-0.1, -0.05) is 30.1 Å². The summed E-state index contributed by atoms with van der Waals surface area (Å²) in [6, 6.07) is 4.38. The van der Waals surface area contributed by atoms with E-state index in [0.29, 0.717) is 22.3 Å². The van der Waals surface area contributed by atoms with E-state index in [1.54, 1.807) is 18.2 Å². The third kappa shape index (κ3) is 3.35. The maximum absolute atomic E-state index is 12.1. The van der Waals surface area contributed by atoms with E-state index in [1.165, 1.54) is 4.90 Å². The van der Waals surface area contributed by atoms with Crippen LogP contribution in [-0.2, 0) is 4.79 Å². The number of carbonyl (C=O) groups is 2. The van der Waals surface area contributed by atoms with E-state index < -0.39 is 11.9 Å². The number of benzene rings is 1. The number of nitrogens with zero attached hydrogens (tertiary/aromatic N) is 1. The smallest absolute Gasteiger partial charge is 0.321 e. The Labute approximate surface area is 126 Å². The highest BCUT2D eigenvalue weighted by Crippen LogP contribution is 2.26. The van der Waals surface area contributed by atoms with Crippen molar-refractivity contribution in [1.29, 1.82) is 0 Å². The summed E-state index contributed by atoms with van der Waals surface area (Å²) in [5, 5.41) is 12.6. The first-order chi connectivity index (χ1) is 9.36. The molecule has 0 spiro atoms. The lowest BCUT2D eigenvalue weighted by Gasteiger charge is -2.17. The average molecular weight is 317 g/mol. The Hall–Kier alpha value is -1.46. The van der Waals surface area contributed by atoms with Crippen molar-refractivity contribution in [1.82, 2.24) is 4.90 Å². The van der Waals surface area contributed by atoms with E-state index in [2.05, 4.69) is 5.32 Å². The number of nitrogens with one attached hydrogen (secondary N) is 1. The molecule has 2 amide bonds. The number of hydrogen-bond acceptors (Lipinski definition) is 2. The van der Waals surface area contributed by atoms with Gasteiger partial charge in [-0.25, -0.2) is 4.79 Å². The summed E-state index contributed by atoms with van der Waals surface area (Å²) in [6.07, 6.45) is 0. The average Bonchev–Trinajstić information content (AvgIpc) is 2.70. The molecule has 1 saturated heterocycles. The Balaban J connectivity index is 2.04. The van der Waals surface area contributed by atoms with Crippen LogP contribution in [0.5, 0.6) is 0 Å². The largest absolute Gasteiger partial charge is 0.481 e. The molecule has 0 saturated carbocycles. The summed E-state index contributed by atoms with van der Waals surface area (Å²) in [5.41, 5.74) is 0.485. The van der Waals surface area contributed by atoms with Gasteiger partial charge < -0.3 is 15.3 Å². The van der Waals surface area contributed by atoms with E-state index in [9.17, 15) is 9.59 Å². The van der Waals surface area contributed by atoms with E-state index in [1.807, 2.05) is 6.92 Å². The second kappa shape index (κ2) is 5.89. The van der Waals surface area contributed by atoms with Crippen LogP contribution in [0.4, 0.5) is 10.5 Å². The molecule has 0 radical (unpaired) electrons. The molecule has 1 aromatic carbocycles. The minimum atomic E-state index is -0.876. The molecule has 0 unspecified atom stereocenters. The zero-order valence-corrected chi connectivity index (χ0v) is 12.3. The van der Waals surface area contributed by atoms with Gasteiger partial charge in [0.2, 0.25) is 0 Å². The number of rotatable bonds is 2. The zero-order valence-electron chi connectivity index (χ0n) is 10.8. The summed E-state index contributed by atoms with van der Waals surface area (Å²) < 4.78 is 0. The molecular weight excluding hydrogens is 303 g/mol. The first-order valence-electron chi connectivity index (χ1n) is 6.11. The van der Waals surface area contributed by atoms with Crippen molar-refractivity contribution in [3.63, 3.8) is 0 Å². The molecule has 108 valence electrons. The maximum atomic E-state index is 12.1. The van der Waals surface area contributed by atoms with Crippen LogP contribution in [0.25, 0.3) is 0 Å². The summed E-state index contributed by atoms with van der Waals surface area (Å²) in [6.45, 7) is 2.44. The highest BCUT2D eigenvalue weighted by atomic mass is 35.5. The SMILES string of the molecule is C[C@@H]1CN(C(=O)Nc2cc(Cl)cc(Cl)c2)C[C@H]1C(=O)O. The Bertz CT molecular complexity index is 530. The molecule has 5 nitrogen and oxygen atoms in total. The van der Waals surface area contributed by atoms with Crippen LogP contribution in [0.2, 0.25) is 10.0 Å². The minimum Gasteiger partial charge on any atom is -0.481 e. The second-order valence-corrected chi connectivity index (χ2v) is 5.79. The van der Waals surface area contributed by atoms with Crippen LogP contribution in [0.3, 0.4) is 0 Å². The highest BCUT2D eigenvalue weighted by molar-refractivity contribution is 6.35. The van der Waals surface area contributed by atoms with Crippen LogP contribution in [0.15, 0.2) is 18.2 Å². The number of carbonyl (C=O) groups excluding carboxylic acids is 1. The maximum Gasteiger partial charge on any atom is 0.321 e. The number of urea groups is 1. The topological polar surface area (TPSA) is 69.6 Å². The summed E-state index contributed by atoms with van der Waals surface area (Å²) >= 11 is 11.7. The fourth-order valence-corrected chi connectivity index (χ4v) is 2.81. The number of halogens is 2. The normalized spacial score (nSPS) is 21.9. The number of amides is 2. The van der Waals surface area contributed by atoms with Crippen molar-refractivity contribution >= 4 is 40.9 Å². The van der Waals surface area contributed by atoms with Gasteiger partial charge in [0, 0.05) is 28.8 Å². The fraction of sp³-hybridized carbons (Fsp3) is 0.385. The molecule has 2 rings (SSSR count). The van der Waals surface area contributed by atoms with Crippen LogP contribution in [-0.4, -0.2) is 35.1 Å². The lowest BCUT2D eigenvalue weighted by Crippen LogP contribution is -2.33. The van der Waals surface area contributed by atoms with Gasteiger partial charge in [-0.2, -0.15) is 0 Å². The molecule has 2 N–H and O–H groups in total. The fourth-order valence-electron chi connectivity index (χ4n) is 2.28. The molecule has 7 heteroatoms. The standard InChI is InChI=1S/C13H14Cl2N2O3/c1-7-5-17(6-11(7)12(18)19)13(20)16-10-3-8(14)2-9(15)4-10/h2-4,7,11H,5-6H2,1H3,(H,16,20)(H,18,19)/t7-,11-/m1/s1. The Kier molecular flexibility index (Phi) is 4.40. The molecular formula is C13H14Cl2N2O3. The number of likely N-dealkylation sites (tertiary alicyclic amines) is 1. The van der Waals surface area contributed by atoms with Gasteiger partial charge in [0.1, 0.15) is 0 Å². The van der Waals surface area contributed by atoms with Crippen molar-refractivity contribution < 1.29 is 14.7 Å². The zero-order chi connectivity index (χ0) is 14.9. The number of anilines is 1. The first-order valence-corrected chi connectivity index (χ1v) is 6.87. The quantitative estimate of drug-likeness (QED) is 0.880. The van der Waals surface area contributed by atoms with E-state index in [0.717, 1.165) is 0 Å². The van der Waals surface area contributed by atoms with E-state index in [-0.39, 0.29) is 18.5 Å². The molecule has 0 aliphatic carbocycles. The Morgan fingerprint density at radius 2 is 1.85 bits per heavy atom. The van der Waals surface area contributed by atoms with Crippen molar-refractivity contribution in [2.45, 2.75) is 6.92 Å². The molecule has 0 bridgehead atoms. The van der Waals surface area contributed by atoms with Gasteiger partial charge in [0.25, 0.3) is 0 Å². The molecule has 0 aromatic heterocycles. The molecule has 1 aromatic rings. The summed E-state index contributed by atoms with van der Waals surface area (Å²) in [5.74, 6) is -1.47. The van der Waals surface area contributed by atoms with Gasteiger partial charge in [-0.05, 0) is 24.1 Å².